The van der Waals surface area contributed by atoms with Crippen LogP contribution in [0.5, 0.6) is 0 Å². The second kappa shape index (κ2) is 5.44. The van der Waals surface area contributed by atoms with Crippen LogP contribution in [0.1, 0.15) is 26.2 Å². The Kier molecular flexibility index (Phi) is 3.66. The number of nitrogens with zero attached hydrogens (tertiary/aromatic N) is 3. The molecule has 1 atom stereocenters. The standard InChI is InChI=1S/C15H18ClN3O/c1-11-4-2-3-9-18(11)14-10-19(15(20)17-14)13-7-5-12(16)6-8-13/h5-8,11H,2-4,9-10H2,1H3. The van der Waals surface area contributed by atoms with Crippen molar-refractivity contribution in [3.05, 3.63) is 29.3 Å². The average Bonchev–Trinajstić information content (AvgIpc) is 2.82. The van der Waals surface area contributed by atoms with E-state index in [-0.39, 0.29) is 6.03 Å². The second-order valence-corrected chi connectivity index (χ2v) is 5.85. The zero-order chi connectivity index (χ0) is 14.1. The minimum Gasteiger partial charge on any atom is -0.356 e. The van der Waals surface area contributed by atoms with Gasteiger partial charge in [-0.25, -0.2) is 4.79 Å². The second-order valence-electron chi connectivity index (χ2n) is 5.41. The van der Waals surface area contributed by atoms with Crippen molar-refractivity contribution < 1.29 is 4.79 Å². The summed E-state index contributed by atoms with van der Waals surface area (Å²) in [5.74, 6) is 0.900. The maximum Gasteiger partial charge on any atom is 0.350 e. The fraction of sp³-hybridized carbons (Fsp3) is 0.467. The normalized spacial score (nSPS) is 23.2. The first kappa shape index (κ1) is 13.4. The van der Waals surface area contributed by atoms with Crippen molar-refractivity contribution in [1.82, 2.24) is 4.90 Å². The highest BCUT2D eigenvalue weighted by molar-refractivity contribution is 6.30. The molecule has 2 amide bonds. The zero-order valence-electron chi connectivity index (χ0n) is 11.6. The van der Waals surface area contributed by atoms with Crippen LogP contribution in [0.4, 0.5) is 10.5 Å². The molecule has 0 spiro atoms. The van der Waals surface area contributed by atoms with Gasteiger partial charge >= 0.3 is 6.03 Å². The number of hydrogen-bond acceptors (Lipinski definition) is 2. The van der Waals surface area contributed by atoms with Gasteiger partial charge < -0.3 is 4.90 Å². The predicted octanol–water partition coefficient (Wildman–Crippen LogP) is 3.55. The van der Waals surface area contributed by atoms with Gasteiger partial charge in [0, 0.05) is 23.3 Å². The maximum atomic E-state index is 12.1. The summed E-state index contributed by atoms with van der Waals surface area (Å²) in [7, 11) is 0. The molecule has 1 unspecified atom stereocenters. The van der Waals surface area contributed by atoms with Crippen LogP contribution in [-0.2, 0) is 0 Å². The van der Waals surface area contributed by atoms with Gasteiger partial charge in [0.25, 0.3) is 0 Å². The third-order valence-corrected chi connectivity index (χ3v) is 4.28. The van der Waals surface area contributed by atoms with Crippen molar-refractivity contribution in [2.24, 2.45) is 4.99 Å². The van der Waals surface area contributed by atoms with Crippen LogP contribution in [0, 0.1) is 0 Å². The number of amides is 2. The summed E-state index contributed by atoms with van der Waals surface area (Å²) in [4.78, 5) is 20.3. The Morgan fingerprint density at radius 1 is 1.25 bits per heavy atom. The molecule has 20 heavy (non-hydrogen) atoms. The van der Waals surface area contributed by atoms with E-state index in [2.05, 4.69) is 16.8 Å². The molecule has 0 aliphatic carbocycles. The fourth-order valence-electron chi connectivity index (χ4n) is 2.87. The quantitative estimate of drug-likeness (QED) is 0.793. The van der Waals surface area contributed by atoms with E-state index < -0.39 is 0 Å². The van der Waals surface area contributed by atoms with E-state index in [4.69, 9.17) is 11.6 Å². The number of amidine groups is 1. The lowest BCUT2D eigenvalue weighted by molar-refractivity contribution is 0.254. The third-order valence-electron chi connectivity index (χ3n) is 4.03. The van der Waals surface area contributed by atoms with Crippen LogP contribution in [0.15, 0.2) is 29.3 Å². The van der Waals surface area contributed by atoms with E-state index in [1.807, 2.05) is 12.1 Å². The Balaban J connectivity index is 1.76. The highest BCUT2D eigenvalue weighted by atomic mass is 35.5. The SMILES string of the molecule is CC1CCCCN1C1=NC(=O)N(c2ccc(Cl)cc2)C1. The molecule has 0 aromatic heterocycles. The molecular weight excluding hydrogens is 274 g/mol. The molecule has 3 rings (SSSR count). The van der Waals surface area contributed by atoms with Gasteiger partial charge in [-0.05, 0) is 50.5 Å². The smallest absolute Gasteiger partial charge is 0.350 e. The average molecular weight is 292 g/mol. The van der Waals surface area contributed by atoms with Gasteiger partial charge in [-0.3, -0.25) is 4.90 Å². The van der Waals surface area contributed by atoms with Crippen molar-refractivity contribution in [1.29, 1.82) is 0 Å². The zero-order valence-corrected chi connectivity index (χ0v) is 12.3. The van der Waals surface area contributed by atoms with Gasteiger partial charge in [0.15, 0.2) is 0 Å². The lowest BCUT2D eigenvalue weighted by atomic mass is 10.0. The number of carbonyl (C=O) groups excluding carboxylic acids is 1. The fourth-order valence-corrected chi connectivity index (χ4v) is 3.00. The number of urea groups is 1. The largest absolute Gasteiger partial charge is 0.356 e. The van der Waals surface area contributed by atoms with Gasteiger partial charge in [-0.15, -0.1) is 0 Å². The van der Waals surface area contributed by atoms with E-state index in [1.165, 1.54) is 19.3 Å². The van der Waals surface area contributed by atoms with Gasteiger partial charge in [0.2, 0.25) is 0 Å². The number of hydrogen-bond donors (Lipinski definition) is 0. The molecule has 0 radical (unpaired) electrons. The van der Waals surface area contributed by atoms with E-state index in [0.29, 0.717) is 17.6 Å². The van der Waals surface area contributed by atoms with Crippen molar-refractivity contribution in [3.8, 4) is 0 Å². The van der Waals surface area contributed by atoms with E-state index in [1.54, 1.807) is 17.0 Å². The van der Waals surface area contributed by atoms with E-state index in [9.17, 15) is 4.79 Å². The topological polar surface area (TPSA) is 35.9 Å². The molecule has 2 heterocycles. The number of aliphatic imine (C=N–C) groups is 1. The minimum absolute atomic E-state index is 0.180. The maximum absolute atomic E-state index is 12.1. The Hall–Kier alpha value is -1.55. The Morgan fingerprint density at radius 3 is 2.70 bits per heavy atom. The van der Waals surface area contributed by atoms with Gasteiger partial charge in [0.05, 0.1) is 6.54 Å². The number of likely N-dealkylation sites (tertiary alicyclic amines) is 1. The Labute approximate surface area is 124 Å². The monoisotopic (exact) mass is 291 g/mol. The molecule has 0 bridgehead atoms. The summed E-state index contributed by atoms with van der Waals surface area (Å²) in [5.41, 5.74) is 0.850. The van der Waals surface area contributed by atoms with Crippen LogP contribution in [0.25, 0.3) is 0 Å². The summed E-state index contributed by atoms with van der Waals surface area (Å²) in [6.07, 6.45) is 3.62. The highest BCUT2D eigenvalue weighted by Gasteiger charge is 2.31. The van der Waals surface area contributed by atoms with Gasteiger partial charge in [0.1, 0.15) is 5.84 Å². The number of halogens is 1. The molecule has 2 aliphatic heterocycles. The Bertz CT molecular complexity index is 541. The van der Waals surface area contributed by atoms with Crippen molar-refractivity contribution in [2.45, 2.75) is 32.2 Å². The summed E-state index contributed by atoms with van der Waals surface area (Å²) in [6, 6.07) is 7.61. The predicted molar refractivity (Wildman–Crippen MR) is 81.6 cm³/mol. The summed E-state index contributed by atoms with van der Waals surface area (Å²) in [5, 5.41) is 0.672. The lowest BCUT2D eigenvalue weighted by Gasteiger charge is -2.35. The number of rotatable bonds is 1. The summed E-state index contributed by atoms with van der Waals surface area (Å²) < 4.78 is 0. The molecule has 5 heteroatoms. The highest BCUT2D eigenvalue weighted by Crippen LogP contribution is 2.24. The minimum atomic E-state index is -0.180. The summed E-state index contributed by atoms with van der Waals surface area (Å²) in [6.45, 7) is 3.77. The van der Waals surface area contributed by atoms with Crippen LogP contribution in [0.3, 0.4) is 0 Å². The third kappa shape index (κ3) is 2.52. The van der Waals surface area contributed by atoms with Crippen LogP contribution < -0.4 is 4.90 Å². The Morgan fingerprint density at radius 2 is 2.00 bits per heavy atom. The van der Waals surface area contributed by atoms with E-state index in [0.717, 1.165) is 18.1 Å². The van der Waals surface area contributed by atoms with Crippen molar-refractivity contribution in [2.75, 3.05) is 18.0 Å². The molecule has 0 saturated carbocycles. The summed E-state index contributed by atoms with van der Waals surface area (Å²) >= 11 is 5.88. The van der Waals surface area contributed by atoms with Gasteiger partial charge in [-0.2, -0.15) is 4.99 Å². The number of anilines is 1. The van der Waals surface area contributed by atoms with Crippen LogP contribution >= 0.6 is 11.6 Å². The number of carbonyl (C=O) groups is 1. The molecule has 1 saturated heterocycles. The molecule has 1 aromatic rings. The van der Waals surface area contributed by atoms with Crippen molar-refractivity contribution >= 4 is 29.2 Å². The molecule has 1 aromatic carbocycles. The van der Waals surface area contributed by atoms with E-state index >= 15 is 0 Å². The molecule has 2 aliphatic rings. The molecule has 4 nitrogen and oxygen atoms in total. The first-order chi connectivity index (χ1) is 9.65. The first-order valence-electron chi connectivity index (χ1n) is 7.06. The molecule has 106 valence electrons. The van der Waals surface area contributed by atoms with Crippen LogP contribution in [0.2, 0.25) is 5.02 Å². The van der Waals surface area contributed by atoms with Crippen molar-refractivity contribution in [3.63, 3.8) is 0 Å². The molecule has 0 N–H and O–H groups in total. The van der Waals surface area contributed by atoms with Gasteiger partial charge in [-0.1, -0.05) is 11.6 Å². The lowest BCUT2D eigenvalue weighted by Crippen LogP contribution is -2.44. The number of piperidine rings is 1. The molecular formula is C15H18ClN3O. The molecule has 1 fully saturated rings. The van der Waals surface area contributed by atoms with Crippen LogP contribution in [-0.4, -0.2) is 35.9 Å². The number of benzene rings is 1. The first-order valence-corrected chi connectivity index (χ1v) is 7.44.